The molecule has 0 amide bonds. The number of nitrogens with zero attached hydrogens (tertiary/aromatic N) is 4. The van der Waals surface area contributed by atoms with E-state index in [2.05, 4.69) is 10.3 Å². The van der Waals surface area contributed by atoms with Gasteiger partial charge in [0.2, 0.25) is 0 Å². The van der Waals surface area contributed by atoms with Gasteiger partial charge < -0.3 is 15.0 Å². The molecule has 1 fully saturated rings. The Morgan fingerprint density at radius 2 is 2.19 bits per heavy atom. The van der Waals surface area contributed by atoms with Crippen molar-refractivity contribution in [1.82, 2.24) is 20.1 Å². The summed E-state index contributed by atoms with van der Waals surface area (Å²) in [7, 11) is 3.98. The van der Waals surface area contributed by atoms with Gasteiger partial charge in [0.1, 0.15) is 0 Å². The van der Waals surface area contributed by atoms with Crippen LogP contribution in [-0.2, 0) is 24.1 Å². The molecule has 0 bridgehead atoms. The number of aromatic nitrogens is 3. The number of hydrogen-bond donors (Lipinski definition) is 1. The Balaban J connectivity index is 1.48. The fourth-order valence-corrected chi connectivity index (χ4v) is 4.39. The van der Waals surface area contributed by atoms with Crippen LogP contribution in [0.3, 0.4) is 0 Å². The van der Waals surface area contributed by atoms with Gasteiger partial charge in [-0.2, -0.15) is 5.10 Å². The summed E-state index contributed by atoms with van der Waals surface area (Å²) in [6, 6.07) is 1.80. The summed E-state index contributed by atoms with van der Waals surface area (Å²) < 4.78 is 7.32. The van der Waals surface area contributed by atoms with Crippen molar-refractivity contribution < 1.29 is 4.74 Å². The first kappa shape index (κ1) is 17.6. The lowest BCUT2D eigenvalue weighted by Crippen LogP contribution is -2.41. The highest BCUT2D eigenvalue weighted by Gasteiger charge is 2.31. The quantitative estimate of drug-likeness (QED) is 0.851. The van der Waals surface area contributed by atoms with Crippen LogP contribution >= 0.6 is 11.3 Å². The Hall–Kier alpha value is -1.77. The molecule has 2 aromatic heterocycles. The first-order valence-corrected chi connectivity index (χ1v) is 9.98. The fourth-order valence-electron chi connectivity index (χ4n) is 3.61. The SMILES string of the molecule is CN(C)c1ncc(CNC2COCC2n2nc3c(cc2=O)CCCC3)s1. The molecule has 8 heteroatoms. The molecule has 1 aliphatic heterocycles. The molecular weight excluding hydrogens is 350 g/mol. The van der Waals surface area contributed by atoms with Gasteiger partial charge in [0.25, 0.3) is 5.56 Å². The predicted octanol–water partition coefficient (Wildman–Crippen LogP) is 1.37. The van der Waals surface area contributed by atoms with E-state index in [1.165, 1.54) is 4.88 Å². The van der Waals surface area contributed by atoms with Crippen molar-refractivity contribution in [3.8, 4) is 0 Å². The van der Waals surface area contributed by atoms with Crippen LogP contribution in [0.4, 0.5) is 5.13 Å². The maximum Gasteiger partial charge on any atom is 0.267 e. The summed E-state index contributed by atoms with van der Waals surface area (Å²) in [5.41, 5.74) is 2.20. The highest BCUT2D eigenvalue weighted by Crippen LogP contribution is 2.23. The zero-order chi connectivity index (χ0) is 18.1. The average molecular weight is 375 g/mol. The van der Waals surface area contributed by atoms with Crippen molar-refractivity contribution in [3.63, 3.8) is 0 Å². The van der Waals surface area contributed by atoms with Crippen LogP contribution in [0.1, 0.15) is 35.0 Å². The van der Waals surface area contributed by atoms with Crippen LogP contribution in [0, 0.1) is 0 Å². The summed E-state index contributed by atoms with van der Waals surface area (Å²) in [4.78, 5) is 20.2. The topological polar surface area (TPSA) is 72.3 Å². The number of anilines is 1. The third kappa shape index (κ3) is 3.54. The molecule has 2 atom stereocenters. The Morgan fingerprint density at radius 1 is 1.35 bits per heavy atom. The van der Waals surface area contributed by atoms with Crippen molar-refractivity contribution in [3.05, 3.63) is 38.8 Å². The monoisotopic (exact) mass is 375 g/mol. The van der Waals surface area contributed by atoms with Gasteiger partial charge in [-0.05, 0) is 31.2 Å². The van der Waals surface area contributed by atoms with Crippen molar-refractivity contribution >= 4 is 16.5 Å². The molecule has 3 heterocycles. The number of ether oxygens (including phenoxy) is 1. The first-order chi connectivity index (χ1) is 12.6. The molecule has 0 saturated carbocycles. The minimum atomic E-state index is -0.0593. The Morgan fingerprint density at radius 3 is 3.00 bits per heavy atom. The van der Waals surface area contributed by atoms with Crippen molar-refractivity contribution in [2.75, 3.05) is 32.2 Å². The lowest BCUT2D eigenvalue weighted by atomic mass is 9.97. The van der Waals surface area contributed by atoms with Crippen molar-refractivity contribution in [2.45, 2.75) is 44.3 Å². The van der Waals surface area contributed by atoms with Crippen LogP contribution < -0.4 is 15.8 Å². The molecule has 1 aliphatic carbocycles. The minimum Gasteiger partial charge on any atom is -0.377 e. The summed E-state index contributed by atoms with van der Waals surface area (Å²) in [5, 5.41) is 9.22. The zero-order valence-electron chi connectivity index (χ0n) is 15.3. The Bertz CT molecular complexity index is 831. The zero-order valence-corrected chi connectivity index (χ0v) is 16.1. The maximum atomic E-state index is 12.6. The number of nitrogens with one attached hydrogen (secondary N) is 1. The normalized spacial score (nSPS) is 22.4. The molecule has 2 unspecified atom stereocenters. The average Bonchev–Trinajstić information content (AvgIpc) is 3.28. The third-order valence-corrected chi connectivity index (χ3v) is 6.22. The lowest BCUT2D eigenvalue weighted by Gasteiger charge is -2.22. The molecular formula is C18H25N5O2S. The van der Waals surface area contributed by atoms with Gasteiger partial charge in [0, 0.05) is 37.8 Å². The summed E-state index contributed by atoms with van der Waals surface area (Å²) in [6.07, 6.45) is 6.15. The van der Waals surface area contributed by atoms with Crippen LogP contribution in [0.15, 0.2) is 17.1 Å². The smallest absolute Gasteiger partial charge is 0.267 e. The van der Waals surface area contributed by atoms with E-state index in [-0.39, 0.29) is 17.6 Å². The molecule has 26 heavy (non-hydrogen) atoms. The minimum absolute atomic E-state index is 0.0133. The number of hydrogen-bond acceptors (Lipinski definition) is 7. The van der Waals surface area contributed by atoms with Crippen LogP contribution in [0.5, 0.6) is 0 Å². The van der Waals surface area contributed by atoms with E-state index in [1.807, 2.05) is 25.2 Å². The van der Waals surface area contributed by atoms with E-state index >= 15 is 0 Å². The van der Waals surface area contributed by atoms with Gasteiger partial charge in [-0.25, -0.2) is 9.67 Å². The molecule has 2 aliphatic rings. The first-order valence-electron chi connectivity index (χ1n) is 9.16. The molecule has 2 aromatic rings. The number of fused-ring (bicyclic) bond motifs is 1. The number of aryl methyl sites for hydroxylation is 2. The Labute approximate surface area is 157 Å². The number of rotatable bonds is 5. The molecule has 0 radical (unpaired) electrons. The molecule has 0 aromatic carbocycles. The number of thiazole rings is 1. The molecule has 140 valence electrons. The van der Waals surface area contributed by atoms with Gasteiger partial charge in [-0.1, -0.05) is 0 Å². The molecule has 0 spiro atoms. The Kier molecular flexibility index (Phi) is 5.06. The maximum absolute atomic E-state index is 12.6. The molecule has 4 rings (SSSR count). The van der Waals surface area contributed by atoms with E-state index in [0.717, 1.165) is 48.6 Å². The van der Waals surface area contributed by atoms with E-state index < -0.39 is 0 Å². The largest absolute Gasteiger partial charge is 0.377 e. The standard InChI is InChI=1S/C18H25N5O2S/c1-22(2)18-20-9-13(26-18)8-19-15-10-25-11-16(15)23-17(24)7-12-5-3-4-6-14(12)21-23/h7,9,15-16,19H,3-6,8,10-11H2,1-2H3. The third-order valence-electron chi connectivity index (χ3n) is 5.06. The van der Waals surface area contributed by atoms with Crippen molar-refractivity contribution in [1.29, 1.82) is 0 Å². The van der Waals surface area contributed by atoms with Crippen molar-refractivity contribution in [2.24, 2.45) is 0 Å². The van der Waals surface area contributed by atoms with E-state index in [1.54, 1.807) is 22.1 Å². The lowest BCUT2D eigenvalue weighted by molar-refractivity contribution is 0.180. The van der Waals surface area contributed by atoms with Gasteiger partial charge in [-0.15, -0.1) is 11.3 Å². The molecule has 7 nitrogen and oxygen atoms in total. The van der Waals surface area contributed by atoms with Gasteiger partial charge in [0.05, 0.1) is 31.0 Å². The highest BCUT2D eigenvalue weighted by molar-refractivity contribution is 7.15. The van der Waals surface area contributed by atoms with Gasteiger partial charge in [0.15, 0.2) is 5.13 Å². The molecule has 1 saturated heterocycles. The van der Waals surface area contributed by atoms with E-state index in [9.17, 15) is 4.79 Å². The predicted molar refractivity (Wildman–Crippen MR) is 102 cm³/mol. The second-order valence-corrected chi connectivity index (χ2v) is 8.30. The van der Waals surface area contributed by atoms with Crippen LogP contribution in [-0.4, -0.2) is 48.1 Å². The highest BCUT2D eigenvalue weighted by atomic mass is 32.1. The van der Waals surface area contributed by atoms with Gasteiger partial charge >= 0.3 is 0 Å². The van der Waals surface area contributed by atoms with E-state index in [0.29, 0.717) is 13.2 Å². The van der Waals surface area contributed by atoms with Crippen LogP contribution in [0.2, 0.25) is 0 Å². The second kappa shape index (κ2) is 7.46. The summed E-state index contributed by atoms with van der Waals surface area (Å²) >= 11 is 1.67. The summed E-state index contributed by atoms with van der Waals surface area (Å²) in [6.45, 7) is 1.83. The van der Waals surface area contributed by atoms with Crippen LogP contribution in [0.25, 0.3) is 0 Å². The second-order valence-electron chi connectivity index (χ2n) is 7.20. The molecule has 1 N–H and O–H groups in total. The van der Waals surface area contributed by atoms with Gasteiger partial charge in [-0.3, -0.25) is 4.79 Å². The fraction of sp³-hybridized carbons (Fsp3) is 0.611. The summed E-state index contributed by atoms with van der Waals surface area (Å²) in [5.74, 6) is 0. The van der Waals surface area contributed by atoms with E-state index in [4.69, 9.17) is 9.84 Å².